The van der Waals surface area contributed by atoms with Crippen molar-refractivity contribution in [2.45, 2.75) is 20.0 Å². The zero-order chi connectivity index (χ0) is 15.6. The number of thioether (sulfide) groups is 1. The molecular weight excluding hydrogens is 321 g/mol. The first-order chi connectivity index (χ1) is 9.77. The molecule has 1 fully saturated rings. The van der Waals surface area contributed by atoms with E-state index in [-0.39, 0.29) is 10.7 Å². The number of halogens is 4. The van der Waals surface area contributed by atoms with E-state index in [0.717, 1.165) is 23.9 Å². The van der Waals surface area contributed by atoms with Gasteiger partial charge in [-0.25, -0.2) is 4.99 Å². The zero-order valence-corrected chi connectivity index (χ0v) is 13.1. The van der Waals surface area contributed by atoms with Crippen molar-refractivity contribution in [2.24, 2.45) is 4.99 Å². The lowest BCUT2D eigenvalue weighted by molar-refractivity contribution is -0.137. The third-order valence-electron chi connectivity index (χ3n) is 2.70. The normalized spacial score (nSPS) is 17.4. The molecule has 0 atom stereocenters. The highest BCUT2D eigenvalue weighted by molar-refractivity contribution is 8.14. The number of benzene rings is 1. The van der Waals surface area contributed by atoms with E-state index < -0.39 is 11.7 Å². The van der Waals surface area contributed by atoms with E-state index in [1.165, 1.54) is 23.9 Å². The summed E-state index contributed by atoms with van der Waals surface area (Å²) in [6.45, 7) is 4.61. The maximum absolute atomic E-state index is 13.0. The average Bonchev–Trinajstić information content (AvgIpc) is 2.77. The standard InChI is InChI=1S/C14H14ClF3N2S/c1-9(2)8-20-5-6-21-13(20)19-12-4-3-10(15)7-11(12)14(16,17)18/h3-4,7-8H,5-6H2,1-2H3. The van der Waals surface area contributed by atoms with Gasteiger partial charge < -0.3 is 4.90 Å². The molecular formula is C14H14ClF3N2S. The number of rotatable bonds is 2. The maximum atomic E-state index is 13.0. The lowest BCUT2D eigenvalue weighted by atomic mass is 10.2. The van der Waals surface area contributed by atoms with Crippen LogP contribution in [0.15, 0.2) is 35.0 Å². The second-order valence-electron chi connectivity index (χ2n) is 4.80. The Balaban J connectivity index is 2.43. The fourth-order valence-electron chi connectivity index (χ4n) is 1.88. The lowest BCUT2D eigenvalue weighted by Gasteiger charge is -2.15. The number of hydrogen-bond donors (Lipinski definition) is 0. The molecule has 1 heterocycles. The molecule has 1 saturated heterocycles. The molecule has 1 aliphatic rings. The molecule has 2 rings (SSSR count). The quantitative estimate of drug-likeness (QED) is 0.727. The summed E-state index contributed by atoms with van der Waals surface area (Å²) < 4.78 is 39.1. The highest BCUT2D eigenvalue weighted by Crippen LogP contribution is 2.38. The first-order valence-corrected chi connectivity index (χ1v) is 7.63. The van der Waals surface area contributed by atoms with Crippen molar-refractivity contribution >= 4 is 34.2 Å². The van der Waals surface area contributed by atoms with Gasteiger partial charge in [0.25, 0.3) is 0 Å². The van der Waals surface area contributed by atoms with Crippen molar-refractivity contribution in [3.8, 4) is 0 Å². The SMILES string of the molecule is CC(C)=CN1CCSC1=Nc1ccc(Cl)cc1C(F)(F)F. The number of nitrogens with zero attached hydrogens (tertiary/aromatic N) is 2. The zero-order valence-electron chi connectivity index (χ0n) is 11.5. The Kier molecular flexibility index (Phi) is 4.88. The molecule has 0 aromatic heterocycles. The Hall–Kier alpha value is -1.14. The van der Waals surface area contributed by atoms with Crippen molar-refractivity contribution < 1.29 is 13.2 Å². The van der Waals surface area contributed by atoms with Crippen LogP contribution in [0.25, 0.3) is 0 Å². The largest absolute Gasteiger partial charge is 0.418 e. The summed E-state index contributed by atoms with van der Waals surface area (Å²) in [5.41, 5.74) is 0.146. The van der Waals surface area contributed by atoms with Crippen molar-refractivity contribution in [1.29, 1.82) is 0 Å². The minimum atomic E-state index is -4.48. The fraction of sp³-hybridized carbons (Fsp3) is 0.357. The summed E-state index contributed by atoms with van der Waals surface area (Å²) >= 11 is 7.11. The van der Waals surface area contributed by atoms with Gasteiger partial charge in [-0.15, -0.1) is 0 Å². The Bertz CT molecular complexity index is 592. The predicted molar refractivity (Wildman–Crippen MR) is 82.1 cm³/mol. The molecule has 0 spiro atoms. The first kappa shape index (κ1) is 16.2. The number of amidine groups is 1. The molecule has 0 aliphatic carbocycles. The van der Waals surface area contributed by atoms with Crippen LogP contribution < -0.4 is 0 Å². The number of alkyl halides is 3. The number of aliphatic imine (C=N–C) groups is 1. The molecule has 114 valence electrons. The van der Waals surface area contributed by atoms with Crippen LogP contribution in [0.5, 0.6) is 0 Å². The van der Waals surface area contributed by atoms with Crippen LogP contribution in [0.3, 0.4) is 0 Å². The number of allylic oxidation sites excluding steroid dienone is 1. The molecule has 2 nitrogen and oxygen atoms in total. The Labute approximate surface area is 130 Å². The third-order valence-corrected chi connectivity index (χ3v) is 3.91. The highest BCUT2D eigenvalue weighted by atomic mass is 35.5. The summed E-state index contributed by atoms with van der Waals surface area (Å²) in [6, 6.07) is 3.63. The molecule has 0 saturated carbocycles. The Morgan fingerprint density at radius 3 is 2.71 bits per heavy atom. The van der Waals surface area contributed by atoms with Gasteiger partial charge in [-0.1, -0.05) is 28.9 Å². The van der Waals surface area contributed by atoms with Crippen molar-refractivity contribution in [1.82, 2.24) is 4.90 Å². The maximum Gasteiger partial charge on any atom is 0.418 e. The van der Waals surface area contributed by atoms with Gasteiger partial charge in [0.05, 0.1) is 11.3 Å². The molecule has 21 heavy (non-hydrogen) atoms. The van der Waals surface area contributed by atoms with Gasteiger partial charge in [-0.05, 0) is 32.0 Å². The Morgan fingerprint density at radius 2 is 2.10 bits per heavy atom. The van der Waals surface area contributed by atoms with E-state index in [4.69, 9.17) is 11.6 Å². The molecule has 0 radical (unpaired) electrons. The molecule has 7 heteroatoms. The van der Waals surface area contributed by atoms with Gasteiger partial charge in [-0.2, -0.15) is 13.2 Å². The van der Waals surface area contributed by atoms with Crippen LogP contribution in [0.2, 0.25) is 5.02 Å². The molecule has 0 unspecified atom stereocenters. The van der Waals surface area contributed by atoms with Gasteiger partial charge in [0.2, 0.25) is 0 Å². The third kappa shape index (κ3) is 4.17. The average molecular weight is 335 g/mol. The van der Waals surface area contributed by atoms with Gasteiger partial charge in [0, 0.05) is 23.5 Å². The molecule has 1 aromatic rings. The first-order valence-electron chi connectivity index (χ1n) is 6.27. The van der Waals surface area contributed by atoms with Crippen LogP contribution in [0, 0.1) is 0 Å². The summed E-state index contributed by atoms with van der Waals surface area (Å²) in [7, 11) is 0. The lowest BCUT2D eigenvalue weighted by Crippen LogP contribution is -2.18. The van der Waals surface area contributed by atoms with E-state index in [9.17, 15) is 13.2 Å². The summed E-state index contributed by atoms with van der Waals surface area (Å²) in [5.74, 6) is 0.803. The van der Waals surface area contributed by atoms with Gasteiger partial charge in [0.15, 0.2) is 5.17 Å². The molecule has 0 amide bonds. The van der Waals surface area contributed by atoms with E-state index in [2.05, 4.69) is 4.99 Å². The minimum Gasteiger partial charge on any atom is -0.327 e. The van der Waals surface area contributed by atoms with E-state index in [1.54, 1.807) is 0 Å². The fourth-order valence-corrected chi connectivity index (χ4v) is 2.99. The van der Waals surface area contributed by atoms with E-state index >= 15 is 0 Å². The van der Waals surface area contributed by atoms with Crippen molar-refractivity contribution in [3.05, 3.63) is 40.6 Å². The highest BCUT2D eigenvalue weighted by Gasteiger charge is 2.34. The molecule has 0 N–H and O–H groups in total. The van der Waals surface area contributed by atoms with Crippen LogP contribution in [-0.2, 0) is 6.18 Å². The molecule has 1 aliphatic heterocycles. The molecule has 1 aromatic carbocycles. The smallest absolute Gasteiger partial charge is 0.327 e. The van der Waals surface area contributed by atoms with Gasteiger partial charge in [0.1, 0.15) is 0 Å². The number of hydrogen-bond acceptors (Lipinski definition) is 2. The summed E-state index contributed by atoms with van der Waals surface area (Å²) in [5, 5.41) is 0.621. The second kappa shape index (κ2) is 6.32. The van der Waals surface area contributed by atoms with Crippen LogP contribution in [-0.4, -0.2) is 22.4 Å². The van der Waals surface area contributed by atoms with E-state index in [1.807, 2.05) is 24.9 Å². The molecule has 0 bridgehead atoms. The van der Waals surface area contributed by atoms with Crippen molar-refractivity contribution in [2.75, 3.05) is 12.3 Å². The topological polar surface area (TPSA) is 15.6 Å². The van der Waals surface area contributed by atoms with Crippen LogP contribution >= 0.6 is 23.4 Å². The van der Waals surface area contributed by atoms with Crippen molar-refractivity contribution in [3.63, 3.8) is 0 Å². The monoisotopic (exact) mass is 334 g/mol. The van der Waals surface area contributed by atoms with E-state index in [0.29, 0.717) is 5.17 Å². The van der Waals surface area contributed by atoms with Gasteiger partial charge >= 0.3 is 6.18 Å². The van der Waals surface area contributed by atoms with Crippen LogP contribution in [0.1, 0.15) is 19.4 Å². The minimum absolute atomic E-state index is 0.0477. The summed E-state index contributed by atoms with van der Waals surface area (Å²) in [6.07, 6.45) is -2.59. The van der Waals surface area contributed by atoms with Crippen LogP contribution in [0.4, 0.5) is 18.9 Å². The summed E-state index contributed by atoms with van der Waals surface area (Å²) in [4.78, 5) is 6.05. The van der Waals surface area contributed by atoms with Gasteiger partial charge in [-0.3, -0.25) is 0 Å². The second-order valence-corrected chi connectivity index (χ2v) is 6.30. The Morgan fingerprint density at radius 1 is 1.38 bits per heavy atom. The predicted octanol–water partition coefficient (Wildman–Crippen LogP) is 5.32.